The van der Waals surface area contributed by atoms with E-state index in [1.54, 1.807) is 44.2 Å². The summed E-state index contributed by atoms with van der Waals surface area (Å²) in [4.78, 5) is 26.4. The molecule has 2 spiro atoms. The van der Waals surface area contributed by atoms with Gasteiger partial charge in [-0.05, 0) is 24.0 Å². The number of rotatable bonds is 2. The molecular formula is C29H38O12. The van der Waals surface area contributed by atoms with Crippen LogP contribution in [-0.4, -0.2) is 88.0 Å². The number of benzene rings is 1. The van der Waals surface area contributed by atoms with Crippen molar-refractivity contribution in [1.29, 1.82) is 0 Å². The third-order valence-corrected chi connectivity index (χ3v) is 10.4. The number of fused-ring (bicyclic) bond motifs is 1. The van der Waals surface area contributed by atoms with Gasteiger partial charge in [-0.2, -0.15) is 0 Å². The highest BCUT2D eigenvalue weighted by Crippen LogP contribution is 2.77. The minimum Gasteiger partial charge on any atom is -0.457 e. The lowest BCUT2D eigenvalue weighted by molar-refractivity contribution is -0.273. The molecule has 0 aromatic heterocycles. The third kappa shape index (κ3) is 3.71. The number of ether oxygens (including phenoxy) is 6. The second-order valence-corrected chi connectivity index (χ2v) is 13.3. The van der Waals surface area contributed by atoms with Crippen LogP contribution in [0.3, 0.4) is 0 Å². The highest BCUT2D eigenvalue weighted by atomic mass is 16.8. The van der Waals surface area contributed by atoms with Gasteiger partial charge in [0.1, 0.15) is 36.3 Å². The predicted molar refractivity (Wildman–Crippen MR) is 137 cm³/mol. The largest absolute Gasteiger partial charge is 0.514 e. The van der Waals surface area contributed by atoms with Gasteiger partial charge in [-0.25, -0.2) is 9.59 Å². The van der Waals surface area contributed by atoms with Gasteiger partial charge in [0.2, 0.25) is 0 Å². The Morgan fingerprint density at radius 3 is 2.32 bits per heavy atom. The molecule has 6 rings (SSSR count). The van der Waals surface area contributed by atoms with Crippen molar-refractivity contribution in [3.8, 4) is 5.75 Å². The van der Waals surface area contributed by atoms with Crippen molar-refractivity contribution in [2.24, 2.45) is 34.0 Å². The number of para-hydroxylation sites is 1. The van der Waals surface area contributed by atoms with Crippen molar-refractivity contribution in [1.82, 2.24) is 0 Å². The number of aliphatic hydroxyl groups is 4. The second kappa shape index (κ2) is 9.34. The van der Waals surface area contributed by atoms with E-state index in [2.05, 4.69) is 0 Å². The Hall–Kier alpha value is -2.32. The lowest BCUT2D eigenvalue weighted by Crippen LogP contribution is -2.63. The average molecular weight is 579 g/mol. The first-order valence-electron chi connectivity index (χ1n) is 14.0. The van der Waals surface area contributed by atoms with Crippen LogP contribution in [0.4, 0.5) is 4.79 Å². The van der Waals surface area contributed by atoms with Crippen LogP contribution >= 0.6 is 0 Å². The normalized spacial score (nSPS) is 48.8. The summed E-state index contributed by atoms with van der Waals surface area (Å²) in [5, 5.41) is 46.1. The fraction of sp³-hybridized carbons (Fsp3) is 0.724. The summed E-state index contributed by atoms with van der Waals surface area (Å²) < 4.78 is 35.3. The number of aliphatic hydroxyl groups excluding tert-OH is 3. The second-order valence-electron chi connectivity index (χ2n) is 13.3. The first-order valence-corrected chi connectivity index (χ1v) is 14.0. The predicted octanol–water partition coefficient (Wildman–Crippen LogP) is 1.32. The van der Waals surface area contributed by atoms with E-state index in [0.717, 1.165) is 0 Å². The molecule has 3 aliphatic heterocycles. The molecule has 12 nitrogen and oxygen atoms in total. The highest BCUT2D eigenvalue weighted by molar-refractivity contribution is 5.71. The van der Waals surface area contributed by atoms with Crippen molar-refractivity contribution in [3.05, 3.63) is 30.3 Å². The first-order chi connectivity index (χ1) is 19.2. The van der Waals surface area contributed by atoms with Gasteiger partial charge in [-0.15, -0.1) is 0 Å². The molecule has 7 unspecified atom stereocenters. The van der Waals surface area contributed by atoms with Crippen LogP contribution in [0.5, 0.6) is 5.75 Å². The summed E-state index contributed by atoms with van der Waals surface area (Å²) in [6, 6.07) is 8.23. The standard InChI is InChI=1S/C29H38O12/c1-13-22(32)39-21-20(40-25(34)37-15-9-7-6-8-10-15)27(12-28(13,21)35)19-17(31)18(26(3,4)5)29(27)14(2)23(33)41-24(29)36-11-16(30)38-19/h6-10,13-14,17-24,31-33,35H,11-12H2,1-5H3/t13-,14+,17-,18+,19?,20+,21?,22?,23?,24?,27?,28-,29?/m1/s1. The van der Waals surface area contributed by atoms with E-state index in [1.807, 2.05) is 20.8 Å². The average Bonchev–Trinajstić information content (AvgIpc) is 3.46. The number of esters is 1. The maximum atomic E-state index is 13.4. The Morgan fingerprint density at radius 2 is 1.66 bits per heavy atom. The molecule has 1 aromatic carbocycles. The van der Waals surface area contributed by atoms with Gasteiger partial charge in [0.25, 0.3) is 0 Å². The van der Waals surface area contributed by atoms with Gasteiger partial charge in [-0.3, -0.25) is 0 Å². The van der Waals surface area contributed by atoms with Gasteiger partial charge in [0.05, 0.1) is 11.5 Å². The minimum atomic E-state index is -1.79. The summed E-state index contributed by atoms with van der Waals surface area (Å²) in [5.74, 6) is -2.95. The molecule has 2 saturated carbocycles. The molecule has 3 saturated heterocycles. The van der Waals surface area contributed by atoms with Crippen molar-refractivity contribution < 1.29 is 58.4 Å². The van der Waals surface area contributed by atoms with Crippen LogP contribution in [0.25, 0.3) is 0 Å². The molecule has 1 aromatic rings. The zero-order chi connectivity index (χ0) is 29.7. The minimum absolute atomic E-state index is 0.201. The van der Waals surface area contributed by atoms with E-state index < -0.39 is 102 Å². The molecule has 41 heavy (non-hydrogen) atoms. The number of hydrogen-bond donors (Lipinski definition) is 4. The van der Waals surface area contributed by atoms with Crippen molar-refractivity contribution in [3.63, 3.8) is 0 Å². The molecular weight excluding hydrogens is 540 g/mol. The van der Waals surface area contributed by atoms with Crippen molar-refractivity contribution in [2.45, 2.75) is 89.9 Å². The molecule has 13 atom stereocenters. The van der Waals surface area contributed by atoms with E-state index in [-0.39, 0.29) is 12.2 Å². The highest BCUT2D eigenvalue weighted by Gasteiger charge is 2.88. The maximum absolute atomic E-state index is 13.4. The Bertz CT molecular complexity index is 1200. The molecule has 3 heterocycles. The molecule has 2 bridgehead atoms. The van der Waals surface area contributed by atoms with Gasteiger partial charge in [0, 0.05) is 23.2 Å². The number of carbonyl (C=O) groups excluding carboxylic acids is 2. The molecule has 4 N–H and O–H groups in total. The Morgan fingerprint density at radius 1 is 1.00 bits per heavy atom. The van der Waals surface area contributed by atoms with Gasteiger partial charge in [-0.1, -0.05) is 52.8 Å². The summed E-state index contributed by atoms with van der Waals surface area (Å²) >= 11 is 0. The monoisotopic (exact) mass is 578 g/mol. The first kappa shape index (κ1) is 28.8. The maximum Gasteiger partial charge on any atom is 0.514 e. The van der Waals surface area contributed by atoms with E-state index >= 15 is 0 Å². The van der Waals surface area contributed by atoms with Crippen LogP contribution in [0.1, 0.15) is 41.0 Å². The molecule has 226 valence electrons. The van der Waals surface area contributed by atoms with E-state index in [0.29, 0.717) is 0 Å². The molecule has 12 heteroatoms. The quantitative estimate of drug-likeness (QED) is 0.294. The fourth-order valence-electron chi connectivity index (χ4n) is 8.95. The summed E-state index contributed by atoms with van der Waals surface area (Å²) in [6.07, 6.45) is -10.7. The van der Waals surface area contributed by atoms with E-state index in [9.17, 15) is 30.0 Å². The molecule has 5 fully saturated rings. The van der Waals surface area contributed by atoms with Gasteiger partial charge in [0.15, 0.2) is 18.9 Å². The lowest BCUT2D eigenvalue weighted by atomic mass is 9.50. The number of hydrogen-bond acceptors (Lipinski definition) is 12. The fourth-order valence-corrected chi connectivity index (χ4v) is 8.95. The van der Waals surface area contributed by atoms with Crippen LogP contribution in [-0.2, 0) is 28.5 Å². The summed E-state index contributed by atoms with van der Waals surface area (Å²) in [5.41, 5.74) is -5.46. The topological polar surface area (TPSA) is 170 Å². The zero-order valence-corrected chi connectivity index (χ0v) is 23.6. The van der Waals surface area contributed by atoms with Crippen LogP contribution in [0.15, 0.2) is 30.3 Å². The molecule has 0 radical (unpaired) electrons. The SMILES string of the molecule is C[C@@H]1C(O)OC2[C@H](OC(=O)Oc3ccccc3)C3(C[C@]21O)C1OC(=O)COC2OC(O)[C@H](C)C23[C@H](C(C)(C)C)[C@H]1O. The third-order valence-electron chi connectivity index (χ3n) is 10.4. The smallest absolute Gasteiger partial charge is 0.457 e. The summed E-state index contributed by atoms with van der Waals surface area (Å²) in [6.45, 7) is 8.55. The zero-order valence-electron chi connectivity index (χ0n) is 23.6. The number of carbonyl (C=O) groups is 2. The Kier molecular flexibility index (Phi) is 6.56. The summed E-state index contributed by atoms with van der Waals surface area (Å²) in [7, 11) is 0. The molecule has 2 aliphatic carbocycles. The van der Waals surface area contributed by atoms with Crippen LogP contribution < -0.4 is 4.74 Å². The van der Waals surface area contributed by atoms with Gasteiger partial charge >= 0.3 is 12.1 Å². The van der Waals surface area contributed by atoms with Crippen molar-refractivity contribution >= 4 is 12.1 Å². The van der Waals surface area contributed by atoms with Gasteiger partial charge < -0.3 is 48.8 Å². The molecule has 0 amide bonds. The Balaban J connectivity index is 1.58. The van der Waals surface area contributed by atoms with E-state index in [1.165, 1.54) is 0 Å². The molecule has 5 aliphatic rings. The van der Waals surface area contributed by atoms with Crippen molar-refractivity contribution in [2.75, 3.05) is 6.61 Å². The lowest BCUT2D eigenvalue weighted by Gasteiger charge is -2.55. The van der Waals surface area contributed by atoms with Crippen LogP contribution in [0, 0.1) is 34.0 Å². The van der Waals surface area contributed by atoms with Crippen LogP contribution in [0.2, 0.25) is 0 Å². The van der Waals surface area contributed by atoms with E-state index in [4.69, 9.17) is 28.4 Å². The Labute approximate surface area is 237 Å².